The molecule has 6 heteroatoms. The van der Waals surface area contributed by atoms with E-state index in [1.807, 2.05) is 0 Å². The van der Waals surface area contributed by atoms with Crippen LogP contribution in [0.1, 0.15) is 13.8 Å². The number of ether oxygens (including phenoxy) is 1. The molecule has 0 saturated carbocycles. The summed E-state index contributed by atoms with van der Waals surface area (Å²) < 4.78 is 5.16. The number of aliphatic carboxylic acids is 1. The van der Waals surface area contributed by atoms with Crippen molar-refractivity contribution in [3.8, 4) is 0 Å². The van der Waals surface area contributed by atoms with Crippen molar-refractivity contribution in [2.45, 2.75) is 25.9 Å². The summed E-state index contributed by atoms with van der Waals surface area (Å²) in [5.74, 6) is -1.32. The van der Waals surface area contributed by atoms with Gasteiger partial charge in [0.15, 0.2) is 0 Å². The standard InChI is InChI=1S/C10H18N2O4/c1-6(8(13)14)12(3)9(15)10(2)5-16-4-7(10)11/h6-7H,4-5,11H2,1-3H3,(H,13,14). The Labute approximate surface area is 94.3 Å². The summed E-state index contributed by atoms with van der Waals surface area (Å²) in [6.07, 6.45) is 0. The smallest absolute Gasteiger partial charge is 0.326 e. The van der Waals surface area contributed by atoms with Crippen LogP contribution < -0.4 is 5.73 Å². The summed E-state index contributed by atoms with van der Waals surface area (Å²) in [5.41, 5.74) is 4.99. The van der Waals surface area contributed by atoms with Gasteiger partial charge in [0.2, 0.25) is 5.91 Å². The van der Waals surface area contributed by atoms with Gasteiger partial charge in [0, 0.05) is 13.1 Å². The minimum atomic E-state index is -1.04. The molecule has 16 heavy (non-hydrogen) atoms. The van der Waals surface area contributed by atoms with Crippen LogP contribution in [0.5, 0.6) is 0 Å². The van der Waals surface area contributed by atoms with E-state index in [4.69, 9.17) is 15.6 Å². The molecule has 1 amide bonds. The van der Waals surface area contributed by atoms with Gasteiger partial charge in [-0.15, -0.1) is 0 Å². The number of carboxylic acid groups (broad SMARTS) is 1. The van der Waals surface area contributed by atoms with Crippen LogP contribution in [0.25, 0.3) is 0 Å². The Hall–Kier alpha value is -1.14. The number of nitrogens with two attached hydrogens (primary N) is 1. The molecular formula is C10H18N2O4. The second kappa shape index (κ2) is 4.39. The van der Waals surface area contributed by atoms with Gasteiger partial charge in [0.1, 0.15) is 6.04 Å². The van der Waals surface area contributed by atoms with E-state index < -0.39 is 17.4 Å². The Bertz CT molecular complexity index is 307. The number of nitrogens with zero attached hydrogens (tertiary/aromatic N) is 1. The van der Waals surface area contributed by atoms with Gasteiger partial charge < -0.3 is 20.5 Å². The quantitative estimate of drug-likeness (QED) is 0.667. The normalized spacial score (nSPS) is 31.1. The molecule has 3 atom stereocenters. The molecule has 1 heterocycles. The van der Waals surface area contributed by atoms with Crippen LogP contribution in [-0.2, 0) is 14.3 Å². The molecule has 0 bridgehead atoms. The van der Waals surface area contributed by atoms with E-state index >= 15 is 0 Å². The lowest BCUT2D eigenvalue weighted by atomic mass is 9.84. The molecule has 0 aliphatic carbocycles. The van der Waals surface area contributed by atoms with Gasteiger partial charge in [-0.3, -0.25) is 4.79 Å². The molecule has 0 spiro atoms. The molecule has 3 N–H and O–H groups in total. The van der Waals surface area contributed by atoms with E-state index in [-0.39, 0.29) is 18.6 Å². The highest BCUT2D eigenvalue weighted by atomic mass is 16.5. The highest BCUT2D eigenvalue weighted by Crippen LogP contribution is 2.29. The fourth-order valence-corrected chi connectivity index (χ4v) is 1.65. The Morgan fingerprint density at radius 2 is 2.19 bits per heavy atom. The Kier molecular flexibility index (Phi) is 3.54. The number of carboxylic acids is 1. The molecule has 1 rings (SSSR count). The zero-order valence-electron chi connectivity index (χ0n) is 9.77. The van der Waals surface area contributed by atoms with Crippen molar-refractivity contribution in [2.24, 2.45) is 11.1 Å². The molecule has 92 valence electrons. The third kappa shape index (κ3) is 2.03. The van der Waals surface area contributed by atoms with Crippen LogP contribution in [0, 0.1) is 5.41 Å². The molecule has 3 unspecified atom stereocenters. The van der Waals surface area contributed by atoms with Crippen molar-refractivity contribution < 1.29 is 19.4 Å². The lowest BCUT2D eigenvalue weighted by molar-refractivity contribution is -0.153. The zero-order chi connectivity index (χ0) is 12.5. The first-order valence-electron chi connectivity index (χ1n) is 5.14. The molecule has 6 nitrogen and oxygen atoms in total. The summed E-state index contributed by atoms with van der Waals surface area (Å²) in [5, 5.41) is 8.84. The molecule has 1 saturated heterocycles. The van der Waals surface area contributed by atoms with Crippen molar-refractivity contribution >= 4 is 11.9 Å². The molecule has 0 radical (unpaired) electrons. The van der Waals surface area contributed by atoms with Crippen LogP contribution in [0.3, 0.4) is 0 Å². The summed E-state index contributed by atoms with van der Waals surface area (Å²) in [7, 11) is 1.47. The van der Waals surface area contributed by atoms with Crippen molar-refractivity contribution in [1.29, 1.82) is 0 Å². The first kappa shape index (κ1) is 12.9. The second-order valence-corrected chi connectivity index (χ2v) is 4.47. The van der Waals surface area contributed by atoms with Gasteiger partial charge in [-0.1, -0.05) is 0 Å². The SMILES string of the molecule is CC(C(=O)O)N(C)C(=O)C1(C)COCC1N. The first-order valence-corrected chi connectivity index (χ1v) is 5.14. The van der Waals surface area contributed by atoms with E-state index in [0.29, 0.717) is 6.61 Å². The number of amides is 1. The molecule has 0 aromatic heterocycles. The number of carbonyl (C=O) groups excluding carboxylic acids is 1. The van der Waals surface area contributed by atoms with Gasteiger partial charge in [0.25, 0.3) is 0 Å². The third-order valence-electron chi connectivity index (χ3n) is 3.26. The van der Waals surface area contributed by atoms with E-state index in [2.05, 4.69) is 0 Å². The van der Waals surface area contributed by atoms with Crippen molar-refractivity contribution in [1.82, 2.24) is 4.90 Å². The predicted octanol–water partition coefficient (Wildman–Crippen LogP) is -0.718. The minimum Gasteiger partial charge on any atom is -0.480 e. The maximum atomic E-state index is 12.1. The van der Waals surface area contributed by atoms with E-state index in [1.54, 1.807) is 6.92 Å². The van der Waals surface area contributed by atoms with Crippen LogP contribution in [0.2, 0.25) is 0 Å². The molecule has 1 aliphatic rings. The number of hydrogen-bond donors (Lipinski definition) is 2. The van der Waals surface area contributed by atoms with Gasteiger partial charge in [0.05, 0.1) is 18.6 Å². The lowest BCUT2D eigenvalue weighted by Crippen LogP contribution is -2.53. The molecule has 0 aromatic rings. The highest BCUT2D eigenvalue weighted by molar-refractivity contribution is 5.87. The van der Waals surface area contributed by atoms with Crippen LogP contribution in [-0.4, -0.2) is 54.2 Å². The van der Waals surface area contributed by atoms with E-state index in [1.165, 1.54) is 18.9 Å². The van der Waals surface area contributed by atoms with Crippen LogP contribution in [0.15, 0.2) is 0 Å². The topological polar surface area (TPSA) is 92.9 Å². The van der Waals surface area contributed by atoms with Crippen molar-refractivity contribution in [3.05, 3.63) is 0 Å². The Balaban J connectivity index is 2.81. The Morgan fingerprint density at radius 1 is 1.62 bits per heavy atom. The second-order valence-electron chi connectivity index (χ2n) is 4.47. The largest absolute Gasteiger partial charge is 0.480 e. The third-order valence-corrected chi connectivity index (χ3v) is 3.26. The monoisotopic (exact) mass is 230 g/mol. The minimum absolute atomic E-state index is 0.240. The first-order chi connectivity index (χ1) is 7.30. The molecule has 1 aliphatic heterocycles. The van der Waals surface area contributed by atoms with Crippen LogP contribution in [0.4, 0.5) is 0 Å². The predicted molar refractivity (Wildman–Crippen MR) is 56.8 cm³/mol. The van der Waals surface area contributed by atoms with Gasteiger partial charge in [-0.05, 0) is 13.8 Å². The van der Waals surface area contributed by atoms with E-state index in [0.717, 1.165) is 0 Å². The maximum absolute atomic E-state index is 12.1. The summed E-state index contributed by atoms with van der Waals surface area (Å²) in [6, 6.07) is -1.25. The number of carbonyl (C=O) groups is 2. The zero-order valence-corrected chi connectivity index (χ0v) is 9.77. The van der Waals surface area contributed by atoms with Gasteiger partial charge in [-0.2, -0.15) is 0 Å². The fraction of sp³-hybridized carbons (Fsp3) is 0.800. The highest BCUT2D eigenvalue weighted by Gasteiger charge is 2.46. The van der Waals surface area contributed by atoms with Crippen molar-refractivity contribution in [3.63, 3.8) is 0 Å². The molecular weight excluding hydrogens is 212 g/mol. The lowest BCUT2D eigenvalue weighted by Gasteiger charge is -2.32. The van der Waals surface area contributed by atoms with Gasteiger partial charge >= 0.3 is 5.97 Å². The fourth-order valence-electron chi connectivity index (χ4n) is 1.65. The average molecular weight is 230 g/mol. The number of hydrogen-bond acceptors (Lipinski definition) is 4. The number of likely N-dealkylation sites (N-methyl/N-ethyl adjacent to an activating group) is 1. The summed E-state index contributed by atoms with van der Waals surface area (Å²) in [6.45, 7) is 3.74. The maximum Gasteiger partial charge on any atom is 0.326 e. The number of rotatable bonds is 3. The summed E-state index contributed by atoms with van der Waals surface area (Å²) in [4.78, 5) is 24.1. The Morgan fingerprint density at radius 3 is 2.56 bits per heavy atom. The molecule has 0 aromatic carbocycles. The molecule has 1 fully saturated rings. The van der Waals surface area contributed by atoms with E-state index in [9.17, 15) is 9.59 Å². The van der Waals surface area contributed by atoms with Crippen molar-refractivity contribution in [2.75, 3.05) is 20.3 Å². The van der Waals surface area contributed by atoms with Gasteiger partial charge in [-0.25, -0.2) is 4.79 Å². The summed E-state index contributed by atoms with van der Waals surface area (Å²) >= 11 is 0. The average Bonchev–Trinajstić information content (AvgIpc) is 2.57. The van der Waals surface area contributed by atoms with Crippen LogP contribution >= 0.6 is 0 Å².